The zero-order valence-corrected chi connectivity index (χ0v) is 15.0. The standard InChI is InChI=1S/C16H16Br2N2O/c1-19(2)16(21)9-20-14-5-3-10(17)7-12(14)13-8-11(18)4-6-15(13)20/h3-8,16,21H,9H2,1-2H3. The van der Waals surface area contributed by atoms with E-state index >= 15 is 0 Å². The number of hydrogen-bond acceptors (Lipinski definition) is 2. The molecule has 3 aromatic rings. The molecular weight excluding hydrogens is 396 g/mol. The van der Waals surface area contributed by atoms with Gasteiger partial charge in [0, 0.05) is 30.8 Å². The Morgan fingerprint density at radius 1 is 1.00 bits per heavy atom. The van der Waals surface area contributed by atoms with Gasteiger partial charge in [-0.3, -0.25) is 4.90 Å². The van der Waals surface area contributed by atoms with Crippen LogP contribution in [0.25, 0.3) is 21.8 Å². The van der Waals surface area contributed by atoms with Crippen LogP contribution in [0.4, 0.5) is 0 Å². The Hall–Kier alpha value is -0.880. The molecule has 1 aromatic heterocycles. The van der Waals surface area contributed by atoms with Gasteiger partial charge in [-0.25, -0.2) is 0 Å². The molecule has 3 rings (SSSR count). The third-order valence-electron chi connectivity index (χ3n) is 3.73. The molecule has 0 amide bonds. The molecule has 1 N–H and O–H groups in total. The monoisotopic (exact) mass is 410 g/mol. The van der Waals surface area contributed by atoms with Gasteiger partial charge in [0.25, 0.3) is 0 Å². The Morgan fingerprint density at radius 3 is 1.90 bits per heavy atom. The molecule has 1 heterocycles. The third kappa shape index (κ3) is 2.75. The number of halogens is 2. The molecule has 1 atom stereocenters. The number of fused-ring (bicyclic) bond motifs is 3. The average molecular weight is 412 g/mol. The zero-order valence-electron chi connectivity index (χ0n) is 11.8. The maximum absolute atomic E-state index is 10.2. The fraction of sp³-hybridized carbons (Fsp3) is 0.250. The lowest BCUT2D eigenvalue weighted by atomic mass is 10.2. The number of aliphatic hydroxyl groups is 1. The second kappa shape index (κ2) is 5.72. The van der Waals surface area contributed by atoms with Gasteiger partial charge in [-0.2, -0.15) is 0 Å². The number of nitrogens with zero attached hydrogens (tertiary/aromatic N) is 2. The van der Waals surface area contributed by atoms with E-state index in [2.05, 4.69) is 60.7 Å². The molecule has 0 aliphatic heterocycles. The number of aromatic nitrogens is 1. The summed E-state index contributed by atoms with van der Waals surface area (Å²) in [4.78, 5) is 1.81. The van der Waals surface area contributed by atoms with Gasteiger partial charge in [0.1, 0.15) is 6.23 Å². The van der Waals surface area contributed by atoms with E-state index in [1.165, 1.54) is 10.8 Å². The SMILES string of the molecule is CN(C)C(O)Cn1c2ccc(Br)cc2c2cc(Br)ccc21. The van der Waals surface area contributed by atoms with Crippen molar-refractivity contribution in [3.8, 4) is 0 Å². The summed E-state index contributed by atoms with van der Waals surface area (Å²) in [5.41, 5.74) is 2.26. The van der Waals surface area contributed by atoms with Crippen LogP contribution in [0.3, 0.4) is 0 Å². The van der Waals surface area contributed by atoms with Crippen LogP contribution in [0.2, 0.25) is 0 Å². The molecule has 0 saturated carbocycles. The van der Waals surface area contributed by atoms with Gasteiger partial charge < -0.3 is 9.67 Å². The highest BCUT2D eigenvalue weighted by atomic mass is 79.9. The normalized spacial score (nSPS) is 13.4. The molecule has 2 aromatic carbocycles. The van der Waals surface area contributed by atoms with Crippen molar-refractivity contribution in [2.75, 3.05) is 14.1 Å². The molecule has 110 valence electrons. The van der Waals surface area contributed by atoms with Crippen molar-refractivity contribution in [1.82, 2.24) is 9.47 Å². The molecule has 5 heteroatoms. The Kier molecular flexibility index (Phi) is 4.10. The first-order chi connectivity index (χ1) is 9.97. The molecular formula is C16H16Br2N2O. The fourth-order valence-electron chi connectivity index (χ4n) is 2.57. The lowest BCUT2D eigenvalue weighted by Gasteiger charge is -2.20. The van der Waals surface area contributed by atoms with Gasteiger partial charge in [0.05, 0.1) is 6.54 Å². The second-order valence-corrected chi connectivity index (χ2v) is 7.21. The van der Waals surface area contributed by atoms with Crippen molar-refractivity contribution in [3.05, 3.63) is 45.3 Å². The Balaban J connectivity index is 2.29. The number of likely N-dealkylation sites (N-methyl/N-ethyl adjacent to an activating group) is 1. The molecule has 0 aliphatic rings. The summed E-state index contributed by atoms with van der Waals surface area (Å²) in [6.07, 6.45) is -0.518. The number of aliphatic hydroxyl groups excluding tert-OH is 1. The Morgan fingerprint density at radius 2 is 1.48 bits per heavy atom. The van der Waals surface area contributed by atoms with Gasteiger partial charge in [0.2, 0.25) is 0 Å². The van der Waals surface area contributed by atoms with Crippen LogP contribution in [0.15, 0.2) is 45.3 Å². The molecule has 0 saturated heterocycles. The first kappa shape index (κ1) is 15.0. The fourth-order valence-corrected chi connectivity index (χ4v) is 3.29. The van der Waals surface area contributed by atoms with Crippen LogP contribution >= 0.6 is 31.9 Å². The minimum Gasteiger partial charge on any atom is -0.376 e. The predicted octanol–water partition coefficient (Wildman–Crippen LogP) is 4.20. The van der Waals surface area contributed by atoms with E-state index in [4.69, 9.17) is 0 Å². The van der Waals surface area contributed by atoms with E-state index in [9.17, 15) is 5.11 Å². The Bertz CT molecular complexity index is 751. The maximum atomic E-state index is 10.2. The van der Waals surface area contributed by atoms with E-state index < -0.39 is 6.23 Å². The van der Waals surface area contributed by atoms with E-state index in [-0.39, 0.29) is 0 Å². The molecule has 0 aliphatic carbocycles. The van der Waals surface area contributed by atoms with Crippen LogP contribution in [0.1, 0.15) is 0 Å². The first-order valence-corrected chi connectivity index (χ1v) is 8.27. The van der Waals surface area contributed by atoms with Crippen molar-refractivity contribution in [2.45, 2.75) is 12.8 Å². The average Bonchev–Trinajstić information content (AvgIpc) is 2.72. The summed E-state index contributed by atoms with van der Waals surface area (Å²) in [6.45, 7) is 0.538. The first-order valence-electron chi connectivity index (χ1n) is 6.69. The van der Waals surface area contributed by atoms with Gasteiger partial charge in [-0.15, -0.1) is 0 Å². The number of benzene rings is 2. The summed E-state index contributed by atoms with van der Waals surface area (Å²) in [5, 5.41) is 12.6. The summed E-state index contributed by atoms with van der Waals surface area (Å²) < 4.78 is 4.29. The summed E-state index contributed by atoms with van der Waals surface area (Å²) in [5.74, 6) is 0. The molecule has 0 spiro atoms. The summed E-state index contributed by atoms with van der Waals surface area (Å²) in [7, 11) is 3.76. The lowest BCUT2D eigenvalue weighted by Crippen LogP contribution is -2.31. The van der Waals surface area contributed by atoms with Crippen LogP contribution in [0.5, 0.6) is 0 Å². The van der Waals surface area contributed by atoms with Crippen LogP contribution in [0, 0.1) is 0 Å². The highest BCUT2D eigenvalue weighted by molar-refractivity contribution is 9.10. The quantitative estimate of drug-likeness (QED) is 0.654. The maximum Gasteiger partial charge on any atom is 0.125 e. The van der Waals surface area contributed by atoms with Gasteiger partial charge in [0.15, 0.2) is 0 Å². The van der Waals surface area contributed by atoms with E-state index in [1.807, 2.05) is 31.1 Å². The zero-order chi connectivity index (χ0) is 15.1. The molecule has 0 radical (unpaired) electrons. The summed E-state index contributed by atoms with van der Waals surface area (Å²) >= 11 is 7.08. The highest BCUT2D eigenvalue weighted by Crippen LogP contribution is 2.33. The van der Waals surface area contributed by atoms with E-state index in [0.717, 1.165) is 20.0 Å². The number of rotatable bonds is 3. The largest absolute Gasteiger partial charge is 0.376 e. The topological polar surface area (TPSA) is 28.4 Å². The predicted molar refractivity (Wildman–Crippen MR) is 94.5 cm³/mol. The van der Waals surface area contributed by atoms with Crippen LogP contribution in [-0.4, -0.2) is 34.9 Å². The van der Waals surface area contributed by atoms with E-state index in [1.54, 1.807) is 0 Å². The van der Waals surface area contributed by atoms with Crippen molar-refractivity contribution in [2.24, 2.45) is 0 Å². The van der Waals surface area contributed by atoms with Crippen molar-refractivity contribution >= 4 is 53.7 Å². The van der Waals surface area contributed by atoms with E-state index in [0.29, 0.717) is 6.54 Å². The van der Waals surface area contributed by atoms with Crippen LogP contribution < -0.4 is 0 Å². The second-order valence-electron chi connectivity index (χ2n) is 5.38. The third-order valence-corrected chi connectivity index (χ3v) is 4.72. The van der Waals surface area contributed by atoms with Gasteiger partial charge in [-0.05, 0) is 50.5 Å². The minimum absolute atomic E-state index is 0.518. The van der Waals surface area contributed by atoms with Crippen molar-refractivity contribution < 1.29 is 5.11 Å². The molecule has 3 nitrogen and oxygen atoms in total. The highest BCUT2D eigenvalue weighted by Gasteiger charge is 2.15. The minimum atomic E-state index is -0.518. The van der Waals surface area contributed by atoms with Gasteiger partial charge >= 0.3 is 0 Å². The van der Waals surface area contributed by atoms with Crippen LogP contribution in [-0.2, 0) is 6.54 Å². The molecule has 0 fully saturated rings. The molecule has 1 unspecified atom stereocenters. The summed E-state index contributed by atoms with van der Waals surface area (Å²) in [6, 6.07) is 12.5. The van der Waals surface area contributed by atoms with Gasteiger partial charge in [-0.1, -0.05) is 31.9 Å². The lowest BCUT2D eigenvalue weighted by molar-refractivity contribution is 0.0279. The number of hydrogen-bond donors (Lipinski definition) is 1. The Labute approximate surface area is 140 Å². The van der Waals surface area contributed by atoms with Crippen molar-refractivity contribution in [1.29, 1.82) is 0 Å². The molecule has 0 bridgehead atoms. The smallest absolute Gasteiger partial charge is 0.125 e. The molecule has 21 heavy (non-hydrogen) atoms. The van der Waals surface area contributed by atoms with Crippen molar-refractivity contribution in [3.63, 3.8) is 0 Å².